The molecule has 0 amide bonds. The van der Waals surface area contributed by atoms with Crippen molar-refractivity contribution in [3.05, 3.63) is 81.8 Å². The summed E-state index contributed by atoms with van der Waals surface area (Å²) in [6.07, 6.45) is 2.74. The SMILES string of the molecule is Cc1cccc(COc2ccc(CC(CN)c3nccs3)cc2)c1. The first kappa shape index (κ1) is 16.7. The second-order valence-electron chi connectivity index (χ2n) is 5.93. The Morgan fingerprint density at radius 3 is 2.62 bits per heavy atom. The lowest BCUT2D eigenvalue weighted by atomic mass is 10.00. The molecule has 0 bridgehead atoms. The Balaban J connectivity index is 1.59. The van der Waals surface area contributed by atoms with Crippen molar-refractivity contribution in [2.75, 3.05) is 6.54 Å². The number of ether oxygens (including phenoxy) is 1. The highest BCUT2D eigenvalue weighted by atomic mass is 32.1. The number of thiazole rings is 1. The average molecular weight is 338 g/mol. The molecule has 3 aromatic rings. The lowest BCUT2D eigenvalue weighted by molar-refractivity contribution is 0.306. The molecule has 0 spiro atoms. The summed E-state index contributed by atoms with van der Waals surface area (Å²) in [4.78, 5) is 4.39. The van der Waals surface area contributed by atoms with Crippen molar-refractivity contribution in [1.82, 2.24) is 4.98 Å². The molecule has 0 aliphatic carbocycles. The van der Waals surface area contributed by atoms with E-state index >= 15 is 0 Å². The van der Waals surface area contributed by atoms with Gasteiger partial charge in [0.1, 0.15) is 12.4 Å². The topological polar surface area (TPSA) is 48.1 Å². The predicted octanol–water partition coefficient (Wildman–Crippen LogP) is 4.32. The van der Waals surface area contributed by atoms with E-state index in [9.17, 15) is 0 Å². The number of aromatic nitrogens is 1. The van der Waals surface area contributed by atoms with E-state index in [1.54, 1.807) is 11.3 Å². The van der Waals surface area contributed by atoms with Crippen LogP contribution >= 0.6 is 11.3 Å². The van der Waals surface area contributed by atoms with Crippen molar-refractivity contribution in [2.45, 2.75) is 25.9 Å². The fourth-order valence-electron chi connectivity index (χ4n) is 2.68. The van der Waals surface area contributed by atoms with Crippen molar-refractivity contribution in [3.8, 4) is 5.75 Å². The van der Waals surface area contributed by atoms with Crippen LogP contribution < -0.4 is 10.5 Å². The largest absolute Gasteiger partial charge is 0.489 e. The smallest absolute Gasteiger partial charge is 0.119 e. The third-order valence-electron chi connectivity index (χ3n) is 3.98. The first-order valence-electron chi connectivity index (χ1n) is 8.11. The molecule has 1 aromatic heterocycles. The molecular formula is C20H22N2OS. The molecular weight excluding hydrogens is 316 g/mol. The minimum absolute atomic E-state index is 0.282. The van der Waals surface area contributed by atoms with Gasteiger partial charge in [0.15, 0.2) is 0 Å². The van der Waals surface area contributed by atoms with Crippen molar-refractivity contribution in [1.29, 1.82) is 0 Å². The molecule has 0 saturated carbocycles. The monoisotopic (exact) mass is 338 g/mol. The van der Waals surface area contributed by atoms with Gasteiger partial charge in [0, 0.05) is 24.0 Å². The van der Waals surface area contributed by atoms with Crippen molar-refractivity contribution < 1.29 is 4.74 Å². The molecule has 1 atom stereocenters. The van der Waals surface area contributed by atoms with Crippen LogP contribution in [0.5, 0.6) is 5.75 Å². The van der Waals surface area contributed by atoms with Crippen molar-refractivity contribution >= 4 is 11.3 Å². The van der Waals surface area contributed by atoms with E-state index in [4.69, 9.17) is 10.5 Å². The maximum Gasteiger partial charge on any atom is 0.119 e. The van der Waals surface area contributed by atoms with E-state index in [1.165, 1.54) is 16.7 Å². The summed E-state index contributed by atoms with van der Waals surface area (Å²) < 4.78 is 5.87. The van der Waals surface area contributed by atoms with Crippen LogP contribution in [0, 0.1) is 6.92 Å². The van der Waals surface area contributed by atoms with Gasteiger partial charge in [-0.2, -0.15) is 0 Å². The fourth-order valence-corrected chi connectivity index (χ4v) is 3.44. The van der Waals surface area contributed by atoms with Crippen LogP contribution in [-0.4, -0.2) is 11.5 Å². The molecule has 0 radical (unpaired) electrons. The molecule has 2 aromatic carbocycles. The third kappa shape index (κ3) is 4.43. The maximum atomic E-state index is 5.91. The summed E-state index contributed by atoms with van der Waals surface area (Å²) in [7, 11) is 0. The Hall–Kier alpha value is -2.17. The summed E-state index contributed by atoms with van der Waals surface area (Å²) in [5.41, 5.74) is 9.60. The number of nitrogens with two attached hydrogens (primary N) is 1. The van der Waals surface area contributed by atoms with E-state index in [0.717, 1.165) is 17.2 Å². The van der Waals surface area contributed by atoms with Crippen molar-refractivity contribution in [3.63, 3.8) is 0 Å². The Kier molecular flexibility index (Phi) is 5.62. The van der Waals surface area contributed by atoms with Crippen LogP contribution in [0.2, 0.25) is 0 Å². The van der Waals surface area contributed by atoms with E-state index in [-0.39, 0.29) is 5.92 Å². The van der Waals surface area contributed by atoms with E-state index in [0.29, 0.717) is 13.2 Å². The van der Waals surface area contributed by atoms with Crippen LogP contribution in [-0.2, 0) is 13.0 Å². The zero-order chi connectivity index (χ0) is 16.8. The summed E-state index contributed by atoms with van der Waals surface area (Å²) in [5, 5.41) is 3.11. The number of hydrogen-bond acceptors (Lipinski definition) is 4. The number of rotatable bonds is 7. The van der Waals surface area contributed by atoms with Gasteiger partial charge in [0.25, 0.3) is 0 Å². The molecule has 0 saturated heterocycles. The van der Waals surface area contributed by atoms with E-state index in [1.807, 2.05) is 23.7 Å². The zero-order valence-electron chi connectivity index (χ0n) is 13.8. The molecule has 0 aliphatic heterocycles. The highest BCUT2D eigenvalue weighted by Gasteiger charge is 2.13. The van der Waals surface area contributed by atoms with Gasteiger partial charge in [0.2, 0.25) is 0 Å². The zero-order valence-corrected chi connectivity index (χ0v) is 14.6. The molecule has 24 heavy (non-hydrogen) atoms. The lowest BCUT2D eigenvalue weighted by Gasteiger charge is -2.12. The molecule has 1 heterocycles. The van der Waals surface area contributed by atoms with Crippen LogP contribution in [0.15, 0.2) is 60.1 Å². The van der Waals surface area contributed by atoms with Gasteiger partial charge < -0.3 is 10.5 Å². The van der Waals surface area contributed by atoms with Crippen molar-refractivity contribution in [2.24, 2.45) is 5.73 Å². The van der Waals surface area contributed by atoms with Gasteiger partial charge in [-0.3, -0.25) is 0 Å². The highest BCUT2D eigenvalue weighted by Crippen LogP contribution is 2.23. The highest BCUT2D eigenvalue weighted by molar-refractivity contribution is 7.09. The van der Waals surface area contributed by atoms with Gasteiger partial charge in [-0.1, -0.05) is 42.0 Å². The molecule has 4 heteroatoms. The summed E-state index contributed by atoms with van der Waals surface area (Å²) in [5.74, 6) is 1.17. The Labute approximate surface area is 147 Å². The third-order valence-corrected chi connectivity index (χ3v) is 4.92. The number of hydrogen-bond donors (Lipinski definition) is 1. The normalized spacial score (nSPS) is 12.1. The molecule has 0 fully saturated rings. The van der Waals surface area contributed by atoms with Crippen LogP contribution in [0.3, 0.4) is 0 Å². The summed E-state index contributed by atoms with van der Waals surface area (Å²) >= 11 is 1.67. The van der Waals surface area contributed by atoms with Crippen LogP contribution in [0.4, 0.5) is 0 Å². The van der Waals surface area contributed by atoms with Gasteiger partial charge >= 0.3 is 0 Å². The average Bonchev–Trinajstić information content (AvgIpc) is 3.13. The standard InChI is InChI=1S/C20H22N2OS/c1-15-3-2-4-17(11-15)14-23-19-7-5-16(6-8-19)12-18(13-21)20-22-9-10-24-20/h2-11,18H,12-14,21H2,1H3. The second kappa shape index (κ2) is 8.08. The summed E-state index contributed by atoms with van der Waals surface area (Å²) in [6, 6.07) is 16.7. The first-order valence-corrected chi connectivity index (χ1v) is 8.99. The van der Waals surface area contributed by atoms with Crippen LogP contribution in [0.25, 0.3) is 0 Å². The predicted molar refractivity (Wildman–Crippen MR) is 99.6 cm³/mol. The Bertz CT molecular complexity index is 754. The Morgan fingerprint density at radius 1 is 1.12 bits per heavy atom. The quantitative estimate of drug-likeness (QED) is 0.698. The van der Waals surface area contributed by atoms with E-state index in [2.05, 4.69) is 48.3 Å². The summed E-state index contributed by atoms with van der Waals surface area (Å²) in [6.45, 7) is 3.29. The molecule has 3 nitrogen and oxygen atoms in total. The van der Waals surface area contributed by atoms with Gasteiger partial charge in [-0.25, -0.2) is 4.98 Å². The minimum Gasteiger partial charge on any atom is -0.489 e. The fraction of sp³-hybridized carbons (Fsp3) is 0.250. The lowest BCUT2D eigenvalue weighted by Crippen LogP contribution is -2.14. The van der Waals surface area contributed by atoms with E-state index < -0.39 is 0 Å². The Morgan fingerprint density at radius 2 is 1.96 bits per heavy atom. The number of benzene rings is 2. The maximum absolute atomic E-state index is 5.91. The minimum atomic E-state index is 0.282. The van der Waals surface area contributed by atoms with Crippen LogP contribution in [0.1, 0.15) is 27.6 Å². The van der Waals surface area contributed by atoms with Gasteiger partial charge in [0.05, 0.1) is 5.01 Å². The van der Waals surface area contributed by atoms with Gasteiger partial charge in [-0.15, -0.1) is 11.3 Å². The molecule has 1 unspecified atom stereocenters. The second-order valence-corrected chi connectivity index (χ2v) is 6.85. The molecule has 0 aliphatic rings. The molecule has 3 rings (SSSR count). The number of aryl methyl sites for hydroxylation is 1. The number of nitrogens with zero attached hydrogens (tertiary/aromatic N) is 1. The molecule has 2 N–H and O–H groups in total. The molecule has 124 valence electrons. The first-order chi connectivity index (χ1) is 11.7. The van der Waals surface area contributed by atoms with Gasteiger partial charge in [-0.05, 0) is 36.6 Å².